The zero-order valence-corrected chi connectivity index (χ0v) is 29.7. The van der Waals surface area contributed by atoms with Crippen molar-refractivity contribution in [3.63, 3.8) is 0 Å². The third-order valence-corrected chi connectivity index (χ3v) is 9.94. The Bertz CT molecular complexity index is 1770. The number of allylic oxidation sites excluding steroid dienone is 1. The summed E-state index contributed by atoms with van der Waals surface area (Å²) in [6, 6.07) is 10.7. The minimum absolute atomic E-state index is 0.0298. The molecule has 1 saturated heterocycles. The summed E-state index contributed by atoms with van der Waals surface area (Å²) < 4.78 is 9.10. The lowest BCUT2D eigenvalue weighted by Crippen LogP contribution is -2.39. The fourth-order valence-electron chi connectivity index (χ4n) is 6.55. The first-order valence-corrected chi connectivity index (χ1v) is 17.5. The van der Waals surface area contributed by atoms with Crippen LogP contribution in [0.5, 0.6) is 0 Å². The van der Waals surface area contributed by atoms with Crippen LogP contribution in [-0.4, -0.2) is 98.7 Å². The molecule has 1 fully saturated rings. The van der Waals surface area contributed by atoms with Gasteiger partial charge < -0.3 is 20.3 Å². The zero-order valence-electron chi connectivity index (χ0n) is 29.7. The summed E-state index contributed by atoms with van der Waals surface area (Å²) in [7, 11) is 5.48. The highest BCUT2D eigenvalue weighted by atomic mass is 16.5. The first-order chi connectivity index (χ1) is 23.7. The quantitative estimate of drug-likeness (QED) is 0.197. The highest BCUT2D eigenvalue weighted by Gasteiger charge is 2.27. The number of hydrogen-bond donors (Lipinski definition) is 2. The van der Waals surface area contributed by atoms with Gasteiger partial charge in [0.25, 0.3) is 0 Å². The van der Waals surface area contributed by atoms with E-state index in [-0.39, 0.29) is 12.5 Å². The molecule has 12 heteroatoms. The minimum Gasteiger partial charge on any atom is -0.389 e. The smallest absolute Gasteiger partial charge is 0.243 e. The SMILES string of the molecule is CCC(C)C(C)/C(=C\NCCN1CCOCC1)c1ccc(-c2c3c(nn2C)CCc2cnc(Nc4ccn(CC(=O)N(C)C)n4)nc2-3)cc1. The second-order valence-electron chi connectivity index (χ2n) is 13.4. The van der Waals surface area contributed by atoms with Crippen LogP contribution in [0.2, 0.25) is 0 Å². The summed E-state index contributed by atoms with van der Waals surface area (Å²) in [5.74, 6) is 1.97. The lowest BCUT2D eigenvalue weighted by molar-refractivity contribution is -0.129. The Labute approximate surface area is 289 Å². The van der Waals surface area contributed by atoms with Gasteiger partial charge in [-0.3, -0.25) is 19.1 Å². The number of nitrogens with zero attached hydrogens (tertiary/aromatic N) is 8. The molecular weight excluding hydrogens is 616 g/mol. The monoisotopic (exact) mass is 666 g/mol. The molecule has 1 aliphatic heterocycles. The van der Waals surface area contributed by atoms with E-state index in [2.05, 4.69) is 76.9 Å². The molecule has 3 aromatic heterocycles. The number of amides is 1. The van der Waals surface area contributed by atoms with Crippen LogP contribution in [0.4, 0.5) is 11.8 Å². The van der Waals surface area contributed by atoms with E-state index in [0.29, 0.717) is 23.6 Å². The van der Waals surface area contributed by atoms with Crippen LogP contribution in [0, 0.1) is 11.8 Å². The van der Waals surface area contributed by atoms with Crippen LogP contribution in [0.1, 0.15) is 44.0 Å². The molecule has 4 aromatic rings. The Morgan fingerprint density at radius 2 is 1.86 bits per heavy atom. The minimum atomic E-state index is -0.0298. The van der Waals surface area contributed by atoms with E-state index in [0.717, 1.165) is 92.4 Å². The number of morpholine rings is 1. The number of likely N-dealkylation sites (N-methyl/N-ethyl adjacent to an activating group) is 1. The number of fused-ring (bicyclic) bond motifs is 3. The summed E-state index contributed by atoms with van der Waals surface area (Å²) in [6.45, 7) is 12.7. The number of aryl methyl sites for hydroxylation is 3. The van der Waals surface area contributed by atoms with E-state index in [4.69, 9.17) is 14.8 Å². The fraction of sp³-hybridized carbons (Fsp3) is 0.486. The van der Waals surface area contributed by atoms with Crippen LogP contribution in [0.15, 0.2) is 48.9 Å². The molecule has 0 radical (unpaired) electrons. The first-order valence-electron chi connectivity index (χ1n) is 17.5. The number of anilines is 2. The van der Waals surface area contributed by atoms with Gasteiger partial charge in [-0.1, -0.05) is 51.5 Å². The van der Waals surface area contributed by atoms with Crippen molar-refractivity contribution in [1.82, 2.24) is 44.6 Å². The standard InChI is InChI=1S/C37H50N10O2/c1-7-25(2)26(3)30(23-38-15-17-46-18-20-49-21-19-46)27-8-10-28(11-9-27)36-34-31(42-45(36)6)13-12-29-22-39-37(41-35(29)34)40-32-14-16-47(43-32)24-33(48)44(4)5/h8-11,14,16,22-23,25-26,38H,7,12-13,15,17-21,24H2,1-6H3,(H,39,40,41,43)/b30-23+. The Morgan fingerprint density at radius 3 is 2.59 bits per heavy atom. The molecule has 2 unspecified atom stereocenters. The van der Waals surface area contributed by atoms with Crippen molar-refractivity contribution < 1.29 is 9.53 Å². The normalized spacial score (nSPS) is 16.1. The van der Waals surface area contributed by atoms with E-state index < -0.39 is 0 Å². The molecule has 4 heterocycles. The Balaban J connectivity index is 1.24. The zero-order chi connectivity index (χ0) is 34.5. The molecular formula is C37H50N10O2. The number of carbonyl (C=O) groups excluding carboxylic acids is 1. The van der Waals surface area contributed by atoms with Crippen LogP contribution in [-0.2, 0) is 36.0 Å². The molecule has 0 bridgehead atoms. The van der Waals surface area contributed by atoms with Crippen LogP contribution in [0.25, 0.3) is 28.1 Å². The summed E-state index contributed by atoms with van der Waals surface area (Å²) in [5.41, 5.74) is 8.79. The number of ether oxygens (including phenoxy) is 1. The molecule has 1 aromatic carbocycles. The van der Waals surface area contributed by atoms with Crippen molar-refractivity contribution in [1.29, 1.82) is 0 Å². The number of hydrogen-bond acceptors (Lipinski definition) is 9. The van der Waals surface area contributed by atoms with Crippen molar-refractivity contribution in [2.45, 2.75) is 46.6 Å². The number of benzene rings is 1. The molecule has 49 heavy (non-hydrogen) atoms. The van der Waals surface area contributed by atoms with Crippen molar-refractivity contribution in [2.24, 2.45) is 18.9 Å². The average Bonchev–Trinajstić information content (AvgIpc) is 3.70. The molecule has 1 amide bonds. The molecule has 0 saturated carbocycles. The molecule has 0 spiro atoms. The summed E-state index contributed by atoms with van der Waals surface area (Å²) in [6.07, 6.45) is 8.71. The van der Waals surface area contributed by atoms with Gasteiger partial charge in [-0.15, -0.1) is 0 Å². The summed E-state index contributed by atoms with van der Waals surface area (Å²) >= 11 is 0. The Kier molecular flexibility index (Phi) is 10.7. The average molecular weight is 667 g/mol. The second-order valence-corrected chi connectivity index (χ2v) is 13.4. The predicted molar refractivity (Wildman–Crippen MR) is 193 cm³/mol. The van der Waals surface area contributed by atoms with Crippen LogP contribution >= 0.6 is 0 Å². The van der Waals surface area contributed by atoms with Crippen LogP contribution < -0.4 is 10.6 Å². The fourth-order valence-corrected chi connectivity index (χ4v) is 6.55. The van der Waals surface area contributed by atoms with E-state index in [1.54, 1.807) is 29.9 Å². The summed E-state index contributed by atoms with van der Waals surface area (Å²) in [4.78, 5) is 25.7. The maximum absolute atomic E-state index is 12.1. The number of aromatic nitrogens is 6. The third-order valence-electron chi connectivity index (χ3n) is 9.94. The van der Waals surface area contributed by atoms with E-state index in [1.165, 1.54) is 11.1 Å². The lowest BCUT2D eigenvalue weighted by atomic mass is 9.83. The largest absolute Gasteiger partial charge is 0.389 e. The Hall–Kier alpha value is -4.55. The van der Waals surface area contributed by atoms with Gasteiger partial charge in [-0.2, -0.15) is 10.2 Å². The second kappa shape index (κ2) is 15.3. The maximum Gasteiger partial charge on any atom is 0.243 e. The van der Waals surface area contributed by atoms with Gasteiger partial charge in [-0.05, 0) is 41.4 Å². The van der Waals surface area contributed by atoms with Gasteiger partial charge in [-0.25, -0.2) is 9.97 Å². The first kappa shape index (κ1) is 34.3. The van der Waals surface area contributed by atoms with Crippen LogP contribution in [0.3, 0.4) is 0 Å². The molecule has 2 aliphatic rings. The summed E-state index contributed by atoms with van der Waals surface area (Å²) in [5, 5.41) is 16.3. The van der Waals surface area contributed by atoms with Gasteiger partial charge in [0.05, 0.1) is 30.3 Å². The highest BCUT2D eigenvalue weighted by Crippen LogP contribution is 2.40. The molecule has 2 N–H and O–H groups in total. The number of rotatable bonds is 13. The number of carbonyl (C=O) groups is 1. The molecule has 260 valence electrons. The van der Waals surface area contributed by atoms with E-state index in [9.17, 15) is 4.79 Å². The predicted octanol–water partition coefficient (Wildman–Crippen LogP) is 4.62. The topological polar surface area (TPSA) is 118 Å². The van der Waals surface area contributed by atoms with Crippen molar-refractivity contribution >= 4 is 23.2 Å². The van der Waals surface area contributed by atoms with E-state index >= 15 is 0 Å². The molecule has 2 atom stereocenters. The molecule has 12 nitrogen and oxygen atoms in total. The van der Waals surface area contributed by atoms with Crippen molar-refractivity contribution in [3.8, 4) is 22.5 Å². The third kappa shape index (κ3) is 7.86. The molecule has 1 aliphatic carbocycles. The van der Waals surface area contributed by atoms with Gasteiger partial charge in [0, 0.05) is 83.1 Å². The van der Waals surface area contributed by atoms with Crippen molar-refractivity contribution in [3.05, 3.63) is 65.7 Å². The lowest BCUT2D eigenvalue weighted by Gasteiger charge is -2.27. The van der Waals surface area contributed by atoms with Gasteiger partial charge >= 0.3 is 0 Å². The van der Waals surface area contributed by atoms with Crippen molar-refractivity contribution in [2.75, 3.05) is 58.8 Å². The maximum atomic E-state index is 12.1. The number of nitrogens with one attached hydrogen (secondary N) is 2. The molecule has 6 rings (SSSR count). The van der Waals surface area contributed by atoms with Gasteiger partial charge in [0.2, 0.25) is 11.9 Å². The van der Waals surface area contributed by atoms with Gasteiger partial charge in [0.15, 0.2) is 5.82 Å². The van der Waals surface area contributed by atoms with E-state index in [1.807, 2.05) is 24.0 Å². The van der Waals surface area contributed by atoms with Gasteiger partial charge in [0.1, 0.15) is 6.54 Å². The highest BCUT2D eigenvalue weighted by molar-refractivity contribution is 5.85. The Morgan fingerprint density at radius 1 is 1.08 bits per heavy atom.